The zero-order chi connectivity index (χ0) is 50.8. The molecule has 6 heterocycles. The van der Waals surface area contributed by atoms with Crippen molar-refractivity contribution in [3.05, 3.63) is 106 Å². The van der Waals surface area contributed by atoms with Crippen LogP contribution in [-0.4, -0.2) is 123 Å². The van der Waals surface area contributed by atoms with Crippen LogP contribution in [0.5, 0.6) is 0 Å². The van der Waals surface area contributed by atoms with E-state index in [2.05, 4.69) is 67.8 Å². The van der Waals surface area contributed by atoms with E-state index in [-0.39, 0.29) is 40.1 Å². The van der Waals surface area contributed by atoms with Crippen LogP contribution in [0.25, 0.3) is 11.0 Å². The van der Waals surface area contributed by atoms with E-state index >= 15 is 4.39 Å². The first-order valence-electron chi connectivity index (χ1n) is 26.0. The van der Waals surface area contributed by atoms with Crippen LogP contribution in [0.1, 0.15) is 106 Å². The molecule has 0 unspecified atom stereocenters. The number of nitrogens with zero attached hydrogens (tertiary/aromatic N) is 6. The molecule has 1 spiro atoms. The standard InChI is InChI=1S/C54H66FN9O8S/c1-34(2)40-6-4-5-7-41(40)49-33-72-22-20-61(49)37-27-54(28-37)16-18-60(19-17-54)36-8-10-42(46(24-36)63-31-38-32-71-23-21-62(38)51-48(63)26-43-44(55)30-57-50(43)58-51)52(65)59-73(69,70)39-9-11-45(47(25-39)64(67)68)56-29-35-12-14-53(3,66)15-13-35/h4-11,24-26,30,34-35,37-38,49,56,66H,12-23,27-29,31-33H2,1-3H3,(H,57,58)(H,59,65)/t35?,38-,49+,53?/m1/s1. The van der Waals surface area contributed by atoms with Gasteiger partial charge in [0, 0.05) is 63.3 Å². The van der Waals surface area contributed by atoms with Crippen LogP contribution in [0.15, 0.2) is 77.8 Å². The van der Waals surface area contributed by atoms with Gasteiger partial charge in [-0.1, -0.05) is 38.1 Å². The van der Waals surface area contributed by atoms with Crippen molar-refractivity contribution in [3.8, 4) is 0 Å². The monoisotopic (exact) mass is 1020 g/mol. The number of hydrogen-bond acceptors (Lipinski definition) is 14. The van der Waals surface area contributed by atoms with Crippen molar-refractivity contribution in [1.29, 1.82) is 0 Å². The average Bonchev–Trinajstić information content (AvgIpc) is 3.75. The Balaban J connectivity index is 0.866. The number of anilines is 5. The van der Waals surface area contributed by atoms with Gasteiger partial charge in [0.25, 0.3) is 21.6 Å². The van der Waals surface area contributed by atoms with Crippen molar-refractivity contribution in [1.82, 2.24) is 19.6 Å². The summed E-state index contributed by atoms with van der Waals surface area (Å²) < 4.78 is 57.9. The van der Waals surface area contributed by atoms with Gasteiger partial charge >= 0.3 is 0 Å². The van der Waals surface area contributed by atoms with E-state index in [0.29, 0.717) is 87.1 Å². The van der Waals surface area contributed by atoms with E-state index in [0.717, 1.165) is 76.5 Å². The molecule has 2 atom stereocenters. The second kappa shape index (κ2) is 19.4. The molecule has 17 nitrogen and oxygen atoms in total. The SMILES string of the molecule is CC(C)c1ccccc1[C@@H]1COCCN1C1CC2(CCN(c3ccc(C(=O)NS(=O)(=O)c4ccc(NCC5CCC(C)(O)CC5)c([N+](=O)[O-])c4)c(N4C[C@@H]5COCCN5c5nc6[nH]cc(F)c6cc54)c3)CC2)C1. The lowest BCUT2D eigenvalue weighted by molar-refractivity contribution is -0.384. The number of hydrogen-bond donors (Lipinski definition) is 4. The van der Waals surface area contributed by atoms with Gasteiger partial charge in [-0.2, -0.15) is 0 Å². The Hall–Kier alpha value is -5.86. The third kappa shape index (κ3) is 9.62. The first-order valence-corrected chi connectivity index (χ1v) is 27.5. The summed E-state index contributed by atoms with van der Waals surface area (Å²) in [4.78, 5) is 42.9. The van der Waals surface area contributed by atoms with E-state index in [9.17, 15) is 28.4 Å². The molecular formula is C54H66FN9O8S. The smallest absolute Gasteiger partial charge is 0.293 e. The molecular weight excluding hydrogens is 954 g/mol. The number of ether oxygens (including phenoxy) is 2. The summed E-state index contributed by atoms with van der Waals surface area (Å²) in [5, 5.41) is 26.2. The maximum absolute atomic E-state index is 15.3. The van der Waals surface area contributed by atoms with Gasteiger partial charge in [0.1, 0.15) is 17.2 Å². The second-order valence-electron chi connectivity index (χ2n) is 22.0. The number of nitro benzene ring substituents is 1. The van der Waals surface area contributed by atoms with Gasteiger partial charge < -0.3 is 39.6 Å². The third-order valence-corrected chi connectivity index (χ3v) is 18.2. The van der Waals surface area contributed by atoms with Gasteiger partial charge in [-0.05, 0) is 123 Å². The molecule has 11 rings (SSSR count). The minimum atomic E-state index is -4.65. The van der Waals surface area contributed by atoms with Crippen LogP contribution in [0.3, 0.4) is 0 Å². The highest BCUT2D eigenvalue weighted by Gasteiger charge is 2.50. The molecule has 3 saturated heterocycles. The van der Waals surface area contributed by atoms with Crippen LogP contribution in [-0.2, 0) is 19.5 Å². The number of amides is 1. The molecule has 2 aromatic heterocycles. The van der Waals surface area contributed by atoms with E-state index in [1.54, 1.807) is 12.1 Å². The fourth-order valence-corrected chi connectivity index (χ4v) is 13.6. The summed E-state index contributed by atoms with van der Waals surface area (Å²) >= 11 is 0. The molecule has 1 amide bonds. The molecule has 19 heteroatoms. The maximum Gasteiger partial charge on any atom is 0.293 e. The third-order valence-electron chi connectivity index (χ3n) is 16.9. The van der Waals surface area contributed by atoms with Gasteiger partial charge in [-0.15, -0.1) is 0 Å². The van der Waals surface area contributed by atoms with Crippen molar-refractivity contribution >= 4 is 61.2 Å². The number of sulfonamides is 1. The van der Waals surface area contributed by atoms with Crippen molar-refractivity contribution in [2.45, 2.75) is 107 Å². The van der Waals surface area contributed by atoms with Crippen molar-refractivity contribution in [2.75, 3.05) is 85.7 Å². The Morgan fingerprint density at radius 3 is 2.48 bits per heavy atom. The predicted octanol–water partition coefficient (Wildman–Crippen LogP) is 8.38. The number of carbonyl (C=O) groups is 1. The van der Waals surface area contributed by atoms with E-state index in [1.165, 1.54) is 29.5 Å². The molecule has 2 saturated carbocycles. The lowest BCUT2D eigenvalue weighted by Crippen LogP contribution is -2.58. The number of morpholine rings is 2. The number of aliphatic hydroxyl groups is 1. The summed E-state index contributed by atoms with van der Waals surface area (Å²) in [6, 6.07) is 20.0. The van der Waals surface area contributed by atoms with Crippen LogP contribution in [0.4, 0.5) is 38.6 Å². The highest BCUT2D eigenvalue weighted by atomic mass is 32.2. The maximum atomic E-state index is 15.3. The molecule has 5 fully saturated rings. The van der Waals surface area contributed by atoms with E-state index in [4.69, 9.17) is 14.5 Å². The minimum absolute atomic E-state index is 0.0479. The number of carbonyl (C=O) groups excluding carboxylic acids is 1. The van der Waals surface area contributed by atoms with Gasteiger partial charge in [-0.3, -0.25) is 19.8 Å². The minimum Gasteiger partial charge on any atom is -0.390 e. The first kappa shape index (κ1) is 49.4. The number of aromatic amines is 1. The average molecular weight is 1020 g/mol. The topological polar surface area (TPSA) is 199 Å². The zero-order valence-corrected chi connectivity index (χ0v) is 42.6. The summed E-state index contributed by atoms with van der Waals surface area (Å²) in [5.74, 6) is -0.219. The number of aromatic nitrogens is 2. The van der Waals surface area contributed by atoms with Crippen molar-refractivity contribution in [3.63, 3.8) is 0 Å². The molecule has 4 N–H and O–H groups in total. The van der Waals surface area contributed by atoms with Gasteiger partial charge in [0.2, 0.25) is 0 Å². The zero-order valence-electron chi connectivity index (χ0n) is 41.8. The summed E-state index contributed by atoms with van der Waals surface area (Å²) in [6.07, 6.45) is 8.25. The van der Waals surface area contributed by atoms with Crippen molar-refractivity contribution < 1.29 is 37.1 Å². The number of nitrogens with one attached hydrogen (secondary N) is 3. The van der Waals surface area contributed by atoms with Gasteiger partial charge in [-0.25, -0.2) is 22.5 Å². The highest BCUT2D eigenvalue weighted by molar-refractivity contribution is 7.90. The highest BCUT2D eigenvalue weighted by Crippen LogP contribution is 2.54. The Bertz CT molecular complexity index is 3010. The first-order chi connectivity index (χ1) is 35.1. The summed E-state index contributed by atoms with van der Waals surface area (Å²) in [5.41, 5.74) is 4.21. The number of piperidine rings is 1. The predicted molar refractivity (Wildman–Crippen MR) is 278 cm³/mol. The molecule has 4 aliphatic heterocycles. The number of H-pyrrole nitrogens is 1. The summed E-state index contributed by atoms with van der Waals surface area (Å²) in [7, 11) is -4.65. The molecule has 388 valence electrons. The lowest BCUT2D eigenvalue weighted by atomic mass is 9.59. The van der Waals surface area contributed by atoms with Crippen LogP contribution < -0.4 is 24.7 Å². The normalized spacial score (nSPS) is 24.6. The molecule has 0 bridgehead atoms. The fraction of sp³-hybridized carbons (Fsp3) is 0.519. The molecule has 73 heavy (non-hydrogen) atoms. The summed E-state index contributed by atoms with van der Waals surface area (Å²) in [6.45, 7) is 12.4. The van der Waals surface area contributed by atoms with Crippen molar-refractivity contribution in [2.24, 2.45) is 11.3 Å². The molecule has 0 radical (unpaired) electrons. The lowest BCUT2D eigenvalue weighted by Gasteiger charge is -2.57. The molecule has 2 aliphatic carbocycles. The number of fused-ring (bicyclic) bond motifs is 4. The Kier molecular flexibility index (Phi) is 13.1. The Labute approximate surface area is 425 Å². The van der Waals surface area contributed by atoms with Gasteiger partial charge in [0.15, 0.2) is 5.82 Å². The molecule has 3 aromatic carbocycles. The Morgan fingerprint density at radius 1 is 0.959 bits per heavy atom. The number of benzene rings is 3. The van der Waals surface area contributed by atoms with Crippen LogP contribution in [0.2, 0.25) is 0 Å². The van der Waals surface area contributed by atoms with E-state index in [1.807, 2.05) is 24.0 Å². The molecule has 5 aromatic rings. The second-order valence-corrected chi connectivity index (χ2v) is 23.6. The quantitative estimate of drug-likeness (QED) is 0.0686. The largest absolute Gasteiger partial charge is 0.390 e. The van der Waals surface area contributed by atoms with Gasteiger partial charge in [0.05, 0.1) is 76.3 Å². The number of rotatable bonds is 12. The Morgan fingerprint density at radius 2 is 1.71 bits per heavy atom. The molecule has 6 aliphatic rings. The number of nitro groups is 1. The van der Waals surface area contributed by atoms with Crippen LogP contribution in [0, 0.1) is 27.3 Å². The number of pyridine rings is 1. The van der Waals surface area contributed by atoms with E-state index < -0.39 is 42.9 Å². The fourth-order valence-electron chi connectivity index (χ4n) is 12.6. The van der Waals surface area contributed by atoms with Crippen LogP contribution >= 0.6 is 0 Å². The number of halogens is 1.